The van der Waals surface area contributed by atoms with Crippen LogP contribution in [0.2, 0.25) is 0 Å². The van der Waals surface area contributed by atoms with Gasteiger partial charge in [0.1, 0.15) is 0 Å². The minimum atomic E-state index is -0.172. The van der Waals surface area contributed by atoms with E-state index in [1.54, 1.807) is 18.5 Å². The Labute approximate surface area is 156 Å². The zero-order chi connectivity index (χ0) is 18.6. The molecule has 1 amide bonds. The number of hydrogen-bond acceptors (Lipinski definition) is 5. The summed E-state index contributed by atoms with van der Waals surface area (Å²) in [5, 5.41) is 7.59. The summed E-state index contributed by atoms with van der Waals surface area (Å²) in [6, 6.07) is 15.4. The second-order valence-electron chi connectivity index (χ2n) is 6.24. The predicted octanol–water partition coefficient (Wildman–Crippen LogP) is 3.57. The topological polar surface area (TPSA) is 80.9 Å². The first kappa shape index (κ1) is 16.9. The van der Waals surface area contributed by atoms with Gasteiger partial charge in [-0.05, 0) is 31.0 Å². The summed E-state index contributed by atoms with van der Waals surface area (Å²) in [4.78, 5) is 21.5. The summed E-state index contributed by atoms with van der Waals surface area (Å²) < 4.78 is 5.33. The normalized spacial score (nSPS) is 10.9. The SMILES string of the molecule is Cc1noc2nc(-c3ccccc3)cc(C(=O)NCCc3cccnc3)c12. The Kier molecular flexibility index (Phi) is 4.61. The van der Waals surface area contributed by atoms with Crippen LogP contribution in [-0.4, -0.2) is 27.6 Å². The zero-order valence-corrected chi connectivity index (χ0v) is 14.8. The zero-order valence-electron chi connectivity index (χ0n) is 14.8. The van der Waals surface area contributed by atoms with E-state index in [0.29, 0.717) is 41.0 Å². The van der Waals surface area contributed by atoms with Crippen LogP contribution in [0.1, 0.15) is 21.6 Å². The highest BCUT2D eigenvalue weighted by Crippen LogP contribution is 2.26. The monoisotopic (exact) mass is 358 g/mol. The molecule has 0 saturated heterocycles. The van der Waals surface area contributed by atoms with Crippen LogP contribution in [0, 0.1) is 6.92 Å². The van der Waals surface area contributed by atoms with Crippen LogP contribution in [0.5, 0.6) is 0 Å². The van der Waals surface area contributed by atoms with Crippen LogP contribution in [0.15, 0.2) is 65.4 Å². The third-order valence-corrected chi connectivity index (χ3v) is 4.35. The van der Waals surface area contributed by atoms with Crippen molar-refractivity contribution in [3.05, 3.63) is 77.7 Å². The number of pyridine rings is 2. The minimum Gasteiger partial charge on any atom is -0.352 e. The summed E-state index contributed by atoms with van der Waals surface area (Å²) >= 11 is 0. The lowest BCUT2D eigenvalue weighted by molar-refractivity contribution is 0.0955. The van der Waals surface area contributed by atoms with Gasteiger partial charge < -0.3 is 9.84 Å². The Balaban J connectivity index is 1.63. The van der Waals surface area contributed by atoms with Gasteiger partial charge in [-0.25, -0.2) is 4.98 Å². The number of carbonyl (C=O) groups excluding carboxylic acids is 1. The molecular formula is C21H18N4O2. The highest BCUT2D eigenvalue weighted by Gasteiger charge is 2.19. The smallest absolute Gasteiger partial charge is 0.259 e. The Morgan fingerprint density at radius 1 is 1.15 bits per heavy atom. The third-order valence-electron chi connectivity index (χ3n) is 4.35. The van der Waals surface area contributed by atoms with E-state index in [1.807, 2.05) is 49.4 Å². The number of amides is 1. The first-order chi connectivity index (χ1) is 13.2. The number of aromatic nitrogens is 3. The molecular weight excluding hydrogens is 340 g/mol. The molecule has 4 aromatic rings. The van der Waals surface area contributed by atoms with Crippen molar-refractivity contribution in [3.63, 3.8) is 0 Å². The van der Waals surface area contributed by atoms with Crippen LogP contribution in [0.4, 0.5) is 0 Å². The lowest BCUT2D eigenvalue weighted by Crippen LogP contribution is -2.26. The van der Waals surface area contributed by atoms with Crippen molar-refractivity contribution in [3.8, 4) is 11.3 Å². The summed E-state index contributed by atoms with van der Waals surface area (Å²) in [7, 11) is 0. The maximum absolute atomic E-state index is 12.9. The first-order valence-electron chi connectivity index (χ1n) is 8.72. The van der Waals surface area contributed by atoms with Crippen LogP contribution in [0.3, 0.4) is 0 Å². The first-order valence-corrected chi connectivity index (χ1v) is 8.72. The van der Waals surface area contributed by atoms with E-state index in [0.717, 1.165) is 11.1 Å². The Hall–Kier alpha value is -3.54. The molecule has 1 aromatic carbocycles. The van der Waals surface area contributed by atoms with E-state index in [1.165, 1.54) is 0 Å². The number of aryl methyl sites for hydroxylation is 1. The van der Waals surface area contributed by atoms with Crippen LogP contribution >= 0.6 is 0 Å². The van der Waals surface area contributed by atoms with E-state index >= 15 is 0 Å². The predicted molar refractivity (Wildman–Crippen MR) is 102 cm³/mol. The Morgan fingerprint density at radius 3 is 2.78 bits per heavy atom. The van der Waals surface area contributed by atoms with Gasteiger partial charge in [0, 0.05) is 24.5 Å². The number of carbonyl (C=O) groups is 1. The quantitative estimate of drug-likeness (QED) is 0.590. The van der Waals surface area contributed by atoms with Crippen molar-refractivity contribution in [1.82, 2.24) is 20.4 Å². The average molecular weight is 358 g/mol. The van der Waals surface area contributed by atoms with E-state index in [9.17, 15) is 4.79 Å². The second-order valence-corrected chi connectivity index (χ2v) is 6.24. The van der Waals surface area contributed by atoms with Gasteiger partial charge in [-0.1, -0.05) is 41.6 Å². The van der Waals surface area contributed by atoms with Gasteiger partial charge in [0.25, 0.3) is 11.6 Å². The van der Waals surface area contributed by atoms with Crippen molar-refractivity contribution in [2.45, 2.75) is 13.3 Å². The molecule has 4 rings (SSSR count). The number of nitrogens with one attached hydrogen (secondary N) is 1. The highest BCUT2D eigenvalue weighted by atomic mass is 16.5. The number of rotatable bonds is 5. The fourth-order valence-electron chi connectivity index (χ4n) is 2.99. The summed E-state index contributed by atoms with van der Waals surface area (Å²) in [6.07, 6.45) is 4.24. The summed E-state index contributed by atoms with van der Waals surface area (Å²) in [5.41, 5.74) is 4.20. The van der Waals surface area contributed by atoms with E-state index < -0.39 is 0 Å². The van der Waals surface area contributed by atoms with Crippen molar-refractivity contribution < 1.29 is 9.32 Å². The Morgan fingerprint density at radius 2 is 2.00 bits per heavy atom. The molecule has 6 nitrogen and oxygen atoms in total. The molecule has 1 N–H and O–H groups in total. The van der Waals surface area contributed by atoms with Gasteiger partial charge in [-0.3, -0.25) is 9.78 Å². The maximum Gasteiger partial charge on any atom is 0.259 e. The molecule has 0 aliphatic carbocycles. The molecule has 0 atom stereocenters. The molecule has 0 fully saturated rings. The Bertz CT molecular complexity index is 1080. The molecule has 0 spiro atoms. The molecule has 0 aliphatic rings. The van der Waals surface area contributed by atoms with Crippen molar-refractivity contribution in [1.29, 1.82) is 0 Å². The second kappa shape index (κ2) is 7.37. The summed E-state index contributed by atoms with van der Waals surface area (Å²) in [5.74, 6) is -0.172. The molecule has 0 aliphatic heterocycles. The van der Waals surface area contributed by atoms with Crippen molar-refractivity contribution in [2.75, 3.05) is 6.54 Å². The molecule has 3 aromatic heterocycles. The molecule has 0 saturated carbocycles. The number of benzene rings is 1. The van der Waals surface area contributed by atoms with E-state index in [2.05, 4.69) is 20.4 Å². The van der Waals surface area contributed by atoms with E-state index in [-0.39, 0.29) is 5.91 Å². The van der Waals surface area contributed by atoms with Gasteiger partial charge in [0.2, 0.25) is 0 Å². The maximum atomic E-state index is 12.9. The number of nitrogens with zero attached hydrogens (tertiary/aromatic N) is 3. The van der Waals surface area contributed by atoms with Gasteiger partial charge in [-0.2, -0.15) is 0 Å². The molecule has 134 valence electrons. The average Bonchev–Trinajstić information content (AvgIpc) is 3.09. The van der Waals surface area contributed by atoms with Crippen LogP contribution < -0.4 is 5.32 Å². The molecule has 0 radical (unpaired) electrons. The lowest BCUT2D eigenvalue weighted by Gasteiger charge is -2.08. The van der Waals surface area contributed by atoms with Gasteiger partial charge in [0.15, 0.2) is 0 Å². The minimum absolute atomic E-state index is 0.172. The number of hydrogen-bond donors (Lipinski definition) is 1. The fourth-order valence-corrected chi connectivity index (χ4v) is 2.99. The fraction of sp³-hybridized carbons (Fsp3) is 0.143. The largest absolute Gasteiger partial charge is 0.352 e. The van der Waals surface area contributed by atoms with Crippen LogP contribution in [0.25, 0.3) is 22.4 Å². The highest BCUT2D eigenvalue weighted by molar-refractivity contribution is 6.07. The van der Waals surface area contributed by atoms with Gasteiger partial charge in [-0.15, -0.1) is 0 Å². The molecule has 0 unspecified atom stereocenters. The standard InChI is InChI=1S/C21H18N4O2/c1-14-19-17(20(26)23-11-9-15-6-5-10-22-13-15)12-18(24-21(19)27-25-14)16-7-3-2-4-8-16/h2-8,10,12-13H,9,11H2,1H3,(H,23,26). The van der Waals surface area contributed by atoms with Gasteiger partial charge in [0.05, 0.1) is 22.3 Å². The van der Waals surface area contributed by atoms with Crippen LogP contribution in [-0.2, 0) is 6.42 Å². The van der Waals surface area contributed by atoms with Crippen molar-refractivity contribution in [2.24, 2.45) is 0 Å². The molecule has 27 heavy (non-hydrogen) atoms. The molecule has 3 heterocycles. The van der Waals surface area contributed by atoms with Crippen molar-refractivity contribution >= 4 is 17.0 Å². The molecule has 6 heteroatoms. The molecule has 0 bridgehead atoms. The summed E-state index contributed by atoms with van der Waals surface area (Å²) in [6.45, 7) is 2.32. The third kappa shape index (κ3) is 3.55. The van der Waals surface area contributed by atoms with E-state index in [4.69, 9.17) is 4.52 Å². The lowest BCUT2D eigenvalue weighted by atomic mass is 10.1. The van der Waals surface area contributed by atoms with Gasteiger partial charge >= 0.3 is 0 Å². The number of fused-ring (bicyclic) bond motifs is 1.